The van der Waals surface area contributed by atoms with E-state index in [4.69, 9.17) is 4.74 Å². The van der Waals surface area contributed by atoms with Gasteiger partial charge in [0.15, 0.2) is 0 Å². The molecule has 1 heterocycles. The molecule has 2 nitrogen and oxygen atoms in total. The van der Waals surface area contributed by atoms with Gasteiger partial charge in [-0.05, 0) is 32.1 Å². The maximum Gasteiger partial charge on any atom is 0.0698 e. The molecule has 0 aromatic rings. The Morgan fingerprint density at radius 3 is 2.36 bits per heavy atom. The molecule has 2 atom stereocenters. The van der Waals surface area contributed by atoms with Crippen LogP contribution in [0.15, 0.2) is 0 Å². The molecular formula is C12H22O2. The molecule has 0 aromatic heterocycles. The minimum absolute atomic E-state index is 0.380. The highest BCUT2D eigenvalue weighted by Gasteiger charge is 2.41. The van der Waals surface area contributed by atoms with Crippen molar-refractivity contribution < 1.29 is 9.84 Å². The van der Waals surface area contributed by atoms with Crippen molar-refractivity contribution >= 4 is 0 Å². The molecular weight excluding hydrogens is 176 g/mol. The van der Waals surface area contributed by atoms with Crippen molar-refractivity contribution in [2.45, 2.75) is 51.0 Å². The molecule has 2 heteroatoms. The molecule has 0 radical (unpaired) electrons. The van der Waals surface area contributed by atoms with Crippen molar-refractivity contribution in [3.8, 4) is 0 Å². The van der Waals surface area contributed by atoms with Crippen molar-refractivity contribution in [2.75, 3.05) is 13.2 Å². The molecule has 2 aliphatic rings. The second-order valence-electron chi connectivity index (χ2n) is 5.12. The summed E-state index contributed by atoms with van der Waals surface area (Å²) in [6.07, 6.45) is 7.42. The lowest BCUT2D eigenvalue weighted by atomic mass is 9.71. The van der Waals surface area contributed by atoms with Gasteiger partial charge < -0.3 is 9.84 Å². The summed E-state index contributed by atoms with van der Waals surface area (Å²) in [5.74, 6) is 0.897. The van der Waals surface area contributed by atoms with Crippen LogP contribution in [0.3, 0.4) is 0 Å². The zero-order valence-electron chi connectivity index (χ0n) is 9.17. The van der Waals surface area contributed by atoms with E-state index in [1.165, 1.54) is 32.1 Å². The maximum atomic E-state index is 10.6. The molecule has 1 aliphatic carbocycles. The van der Waals surface area contributed by atoms with Crippen LogP contribution in [0.1, 0.15) is 45.4 Å². The standard InChI is InChI=1S/C12H22O2/c1-12(13,11-7-8-14-9-11)10-5-3-2-4-6-10/h10-11,13H,2-9H2,1H3. The first-order valence-electron chi connectivity index (χ1n) is 6.01. The Labute approximate surface area is 86.6 Å². The smallest absolute Gasteiger partial charge is 0.0698 e. The average Bonchev–Trinajstić information content (AvgIpc) is 2.72. The summed E-state index contributed by atoms with van der Waals surface area (Å²) in [5, 5.41) is 10.6. The molecule has 0 aromatic carbocycles. The Bertz CT molecular complexity index is 177. The predicted molar refractivity (Wildman–Crippen MR) is 56.1 cm³/mol. The number of aliphatic hydroxyl groups is 1. The van der Waals surface area contributed by atoms with Crippen molar-refractivity contribution in [3.63, 3.8) is 0 Å². The Balaban J connectivity index is 1.97. The van der Waals surface area contributed by atoms with Crippen molar-refractivity contribution in [1.82, 2.24) is 0 Å². The van der Waals surface area contributed by atoms with Gasteiger partial charge in [-0.1, -0.05) is 19.3 Å². The number of rotatable bonds is 2. The summed E-state index contributed by atoms with van der Waals surface area (Å²) in [6.45, 7) is 3.64. The number of hydrogen-bond acceptors (Lipinski definition) is 2. The van der Waals surface area contributed by atoms with Gasteiger partial charge in [-0.25, -0.2) is 0 Å². The summed E-state index contributed by atoms with van der Waals surface area (Å²) in [5.41, 5.74) is -0.475. The molecule has 0 bridgehead atoms. The molecule has 0 spiro atoms. The van der Waals surface area contributed by atoms with E-state index in [1.54, 1.807) is 0 Å². The van der Waals surface area contributed by atoms with Crippen LogP contribution < -0.4 is 0 Å². The Morgan fingerprint density at radius 2 is 1.79 bits per heavy atom. The molecule has 1 aliphatic heterocycles. The third kappa shape index (κ3) is 1.96. The monoisotopic (exact) mass is 198 g/mol. The van der Waals surface area contributed by atoms with E-state index in [0.717, 1.165) is 19.6 Å². The Morgan fingerprint density at radius 1 is 1.07 bits per heavy atom. The first-order valence-corrected chi connectivity index (χ1v) is 6.01. The zero-order valence-corrected chi connectivity index (χ0v) is 9.17. The van der Waals surface area contributed by atoms with E-state index in [9.17, 15) is 5.11 Å². The molecule has 82 valence electrons. The summed E-state index contributed by atoms with van der Waals surface area (Å²) >= 11 is 0. The van der Waals surface area contributed by atoms with Crippen molar-refractivity contribution in [2.24, 2.45) is 11.8 Å². The first kappa shape index (κ1) is 10.4. The summed E-state index contributed by atoms with van der Waals surface area (Å²) in [6, 6.07) is 0. The van der Waals surface area contributed by atoms with Crippen LogP contribution >= 0.6 is 0 Å². The van der Waals surface area contributed by atoms with E-state index in [1.807, 2.05) is 6.92 Å². The average molecular weight is 198 g/mol. The first-order chi connectivity index (χ1) is 6.71. The van der Waals surface area contributed by atoms with Gasteiger partial charge in [0.2, 0.25) is 0 Å². The second kappa shape index (κ2) is 4.19. The van der Waals surface area contributed by atoms with Crippen LogP contribution in [0.4, 0.5) is 0 Å². The van der Waals surface area contributed by atoms with Crippen molar-refractivity contribution in [3.05, 3.63) is 0 Å². The lowest BCUT2D eigenvalue weighted by molar-refractivity contribution is -0.0668. The zero-order chi connectivity index (χ0) is 10.0. The highest BCUT2D eigenvalue weighted by Crippen LogP contribution is 2.39. The molecule has 2 fully saturated rings. The molecule has 2 rings (SSSR count). The SMILES string of the molecule is CC(O)(C1CCCCC1)C1CCOC1. The molecule has 2 unspecified atom stereocenters. The third-order valence-corrected chi connectivity index (χ3v) is 4.19. The lowest BCUT2D eigenvalue weighted by Gasteiger charge is -2.39. The quantitative estimate of drug-likeness (QED) is 0.738. The Hall–Kier alpha value is -0.0800. The Kier molecular flexibility index (Phi) is 3.13. The van der Waals surface area contributed by atoms with Crippen LogP contribution in [-0.4, -0.2) is 23.9 Å². The van der Waals surface area contributed by atoms with Gasteiger partial charge in [-0.15, -0.1) is 0 Å². The molecule has 14 heavy (non-hydrogen) atoms. The molecule has 1 saturated carbocycles. The molecule has 0 amide bonds. The third-order valence-electron chi connectivity index (χ3n) is 4.19. The van der Waals surface area contributed by atoms with Crippen LogP contribution in [0.5, 0.6) is 0 Å². The van der Waals surface area contributed by atoms with Gasteiger partial charge >= 0.3 is 0 Å². The fraction of sp³-hybridized carbons (Fsp3) is 1.00. The minimum Gasteiger partial charge on any atom is -0.390 e. The van der Waals surface area contributed by atoms with E-state index in [-0.39, 0.29) is 0 Å². The predicted octanol–water partition coefficient (Wildman–Crippen LogP) is 2.35. The minimum atomic E-state index is -0.475. The number of ether oxygens (including phenoxy) is 1. The van der Waals surface area contributed by atoms with Gasteiger partial charge in [-0.2, -0.15) is 0 Å². The summed E-state index contributed by atoms with van der Waals surface area (Å²) < 4.78 is 5.37. The van der Waals surface area contributed by atoms with Gasteiger partial charge in [0, 0.05) is 12.5 Å². The fourth-order valence-electron chi connectivity index (χ4n) is 3.02. The van der Waals surface area contributed by atoms with Crippen LogP contribution in [0, 0.1) is 11.8 Å². The topological polar surface area (TPSA) is 29.5 Å². The van der Waals surface area contributed by atoms with Crippen molar-refractivity contribution in [1.29, 1.82) is 0 Å². The van der Waals surface area contributed by atoms with Gasteiger partial charge in [0.25, 0.3) is 0 Å². The highest BCUT2D eigenvalue weighted by atomic mass is 16.5. The van der Waals surface area contributed by atoms with Gasteiger partial charge in [-0.3, -0.25) is 0 Å². The molecule has 1 saturated heterocycles. The molecule has 1 N–H and O–H groups in total. The normalized spacial score (nSPS) is 34.3. The van der Waals surface area contributed by atoms with E-state index in [0.29, 0.717) is 11.8 Å². The summed E-state index contributed by atoms with van der Waals surface area (Å²) in [7, 11) is 0. The summed E-state index contributed by atoms with van der Waals surface area (Å²) in [4.78, 5) is 0. The van der Waals surface area contributed by atoms with Crippen LogP contribution in [-0.2, 0) is 4.74 Å². The maximum absolute atomic E-state index is 10.6. The second-order valence-corrected chi connectivity index (χ2v) is 5.12. The largest absolute Gasteiger partial charge is 0.390 e. The van der Waals surface area contributed by atoms with Crippen LogP contribution in [0.2, 0.25) is 0 Å². The van der Waals surface area contributed by atoms with Gasteiger partial charge in [0.05, 0.1) is 12.2 Å². The van der Waals surface area contributed by atoms with Gasteiger partial charge in [0.1, 0.15) is 0 Å². The van der Waals surface area contributed by atoms with E-state index < -0.39 is 5.60 Å². The van der Waals surface area contributed by atoms with Crippen LogP contribution in [0.25, 0.3) is 0 Å². The fourth-order valence-corrected chi connectivity index (χ4v) is 3.02. The highest BCUT2D eigenvalue weighted by molar-refractivity contribution is 4.91. The van der Waals surface area contributed by atoms with E-state index >= 15 is 0 Å². The number of hydrogen-bond donors (Lipinski definition) is 1. The van der Waals surface area contributed by atoms with E-state index in [2.05, 4.69) is 0 Å². The lowest BCUT2D eigenvalue weighted by Crippen LogP contribution is -2.43.